The molecule has 0 unspecified atom stereocenters. The molecule has 43 heavy (non-hydrogen) atoms. The van der Waals surface area contributed by atoms with Crippen molar-refractivity contribution in [1.82, 2.24) is 15.5 Å². The number of unbranched alkanes of at least 4 members (excludes halogenated alkanes) is 1. The molecule has 0 bridgehead atoms. The number of carbonyl (C=O) groups excluding carboxylic acids is 1. The molecule has 1 saturated heterocycles. The van der Waals surface area contributed by atoms with E-state index in [0.717, 1.165) is 69.9 Å². The highest BCUT2D eigenvalue weighted by Crippen LogP contribution is 2.39. The standard InChI is InChI=1S/C29H49N3O3.C4H4O4/c1-3-35-20-11-10-18-29(34,25-15-8-5-9-16-25)26-17-12-19-32(23-26)28(33)31-27(22-30-2)21-24-13-6-4-7-14-24;5-3(6)1-2-4(7)8/h5,8-9,15-16,24,26-27,30,34H,3-4,6-7,10-14,17-23H2,1-2H3,(H,31,33);1-2H,(H,5,6)(H,7,8)/b;2-1+/t26-,27+,29-;/m1./s1. The molecule has 1 heterocycles. The lowest BCUT2D eigenvalue weighted by Crippen LogP contribution is -2.54. The first kappa shape index (κ1) is 36.2. The Hall–Kier alpha value is -2.95. The lowest BCUT2D eigenvalue weighted by atomic mass is 9.74. The normalized spacial score (nSPS) is 19.6. The molecular weight excluding hydrogens is 550 g/mol. The molecule has 0 spiro atoms. The van der Waals surface area contributed by atoms with Crippen LogP contribution in [0.15, 0.2) is 42.5 Å². The molecule has 2 aliphatic rings. The van der Waals surface area contributed by atoms with Crippen molar-refractivity contribution in [2.45, 2.75) is 89.2 Å². The molecule has 1 aliphatic heterocycles. The zero-order valence-electron chi connectivity index (χ0n) is 26.0. The minimum atomic E-state index is -1.26. The van der Waals surface area contributed by atoms with Crippen molar-refractivity contribution in [1.29, 1.82) is 0 Å². The van der Waals surface area contributed by atoms with Crippen LogP contribution in [0.25, 0.3) is 0 Å². The van der Waals surface area contributed by atoms with Gasteiger partial charge in [0, 0.05) is 57.0 Å². The maximum Gasteiger partial charge on any atom is 0.328 e. The Morgan fingerprint density at radius 1 is 1.02 bits per heavy atom. The van der Waals surface area contributed by atoms with E-state index in [4.69, 9.17) is 14.9 Å². The predicted octanol–water partition coefficient (Wildman–Crippen LogP) is 4.77. The summed E-state index contributed by atoms with van der Waals surface area (Å²) in [5, 5.41) is 34.3. The molecular formula is C33H53N3O7. The molecule has 1 aromatic carbocycles. The molecule has 3 atom stereocenters. The van der Waals surface area contributed by atoms with E-state index in [1.165, 1.54) is 32.1 Å². The number of aliphatic hydroxyl groups is 1. The summed E-state index contributed by atoms with van der Waals surface area (Å²) in [5.41, 5.74) is 0.0350. The van der Waals surface area contributed by atoms with Gasteiger partial charge in [-0.1, -0.05) is 62.4 Å². The molecule has 242 valence electrons. The van der Waals surface area contributed by atoms with E-state index >= 15 is 0 Å². The van der Waals surface area contributed by atoms with Crippen LogP contribution in [-0.4, -0.2) is 84.1 Å². The van der Waals surface area contributed by atoms with Crippen LogP contribution >= 0.6 is 0 Å². The van der Waals surface area contributed by atoms with E-state index in [2.05, 4.69) is 10.6 Å². The van der Waals surface area contributed by atoms with Crippen LogP contribution in [0, 0.1) is 11.8 Å². The molecule has 2 amide bonds. The van der Waals surface area contributed by atoms with Gasteiger partial charge in [-0.2, -0.15) is 0 Å². The second kappa shape index (κ2) is 20.1. The molecule has 10 nitrogen and oxygen atoms in total. The van der Waals surface area contributed by atoms with Crippen LogP contribution in [0.5, 0.6) is 0 Å². The number of hydrogen-bond acceptors (Lipinski definition) is 6. The number of carboxylic acid groups (broad SMARTS) is 2. The zero-order valence-corrected chi connectivity index (χ0v) is 26.0. The average Bonchev–Trinajstić information content (AvgIpc) is 3.01. The van der Waals surface area contributed by atoms with Crippen molar-refractivity contribution in [3.63, 3.8) is 0 Å². The van der Waals surface area contributed by atoms with Gasteiger partial charge in [0.05, 0.1) is 5.60 Å². The fourth-order valence-corrected chi connectivity index (χ4v) is 6.28. The summed E-state index contributed by atoms with van der Waals surface area (Å²) in [6.45, 7) is 5.62. The number of nitrogens with one attached hydrogen (secondary N) is 2. The van der Waals surface area contributed by atoms with Gasteiger partial charge >= 0.3 is 18.0 Å². The maximum absolute atomic E-state index is 13.4. The van der Waals surface area contributed by atoms with E-state index in [-0.39, 0.29) is 18.0 Å². The number of ether oxygens (including phenoxy) is 1. The lowest BCUT2D eigenvalue weighted by molar-refractivity contribution is -0.134. The summed E-state index contributed by atoms with van der Waals surface area (Å²) in [6, 6.07) is 10.3. The fourth-order valence-electron chi connectivity index (χ4n) is 6.28. The molecule has 1 saturated carbocycles. The number of aliphatic carboxylic acids is 2. The smallest absolute Gasteiger partial charge is 0.328 e. The van der Waals surface area contributed by atoms with Crippen LogP contribution in [0.4, 0.5) is 4.79 Å². The third-order valence-corrected chi connectivity index (χ3v) is 8.45. The molecule has 0 radical (unpaired) electrons. The number of carboxylic acids is 2. The van der Waals surface area contributed by atoms with Gasteiger partial charge in [0.15, 0.2) is 0 Å². The number of amides is 2. The molecule has 1 aliphatic carbocycles. The van der Waals surface area contributed by atoms with Crippen molar-refractivity contribution < 1.29 is 34.4 Å². The second-order valence-corrected chi connectivity index (χ2v) is 11.7. The van der Waals surface area contributed by atoms with Crippen molar-refractivity contribution in [3.8, 4) is 0 Å². The third-order valence-electron chi connectivity index (χ3n) is 8.45. The topological polar surface area (TPSA) is 148 Å². The van der Waals surface area contributed by atoms with Crippen molar-refractivity contribution >= 4 is 18.0 Å². The Kier molecular flexibility index (Phi) is 16.9. The van der Waals surface area contributed by atoms with E-state index in [1.807, 2.05) is 49.2 Å². The van der Waals surface area contributed by atoms with E-state index in [0.29, 0.717) is 25.1 Å². The molecule has 5 N–H and O–H groups in total. The summed E-state index contributed by atoms with van der Waals surface area (Å²) >= 11 is 0. The van der Waals surface area contributed by atoms with Gasteiger partial charge in [-0.05, 0) is 64.0 Å². The van der Waals surface area contributed by atoms with Gasteiger partial charge in [0.25, 0.3) is 0 Å². The number of benzene rings is 1. The number of carbonyl (C=O) groups is 3. The Morgan fingerprint density at radius 2 is 1.70 bits per heavy atom. The molecule has 1 aromatic rings. The first-order chi connectivity index (χ1) is 20.7. The van der Waals surface area contributed by atoms with Crippen molar-refractivity contribution in [2.75, 3.05) is 39.9 Å². The Balaban J connectivity index is 0.000000708. The number of rotatable bonds is 15. The van der Waals surface area contributed by atoms with Crippen molar-refractivity contribution in [3.05, 3.63) is 48.0 Å². The summed E-state index contributed by atoms with van der Waals surface area (Å²) in [6.07, 6.45) is 13.1. The molecule has 10 heteroatoms. The summed E-state index contributed by atoms with van der Waals surface area (Å²) in [4.78, 5) is 34.4. The highest BCUT2D eigenvalue weighted by atomic mass is 16.5. The summed E-state index contributed by atoms with van der Waals surface area (Å²) in [5.74, 6) is -1.77. The second-order valence-electron chi connectivity index (χ2n) is 11.7. The Bertz CT molecular complexity index is 968. The first-order valence-corrected chi connectivity index (χ1v) is 15.9. The number of likely N-dealkylation sites (tertiary alicyclic amines) is 1. The van der Waals surface area contributed by atoms with Crippen molar-refractivity contribution in [2.24, 2.45) is 11.8 Å². The monoisotopic (exact) mass is 603 g/mol. The quantitative estimate of drug-likeness (QED) is 0.142. The number of hydrogen-bond donors (Lipinski definition) is 5. The minimum Gasteiger partial charge on any atom is -0.478 e. The van der Waals surface area contributed by atoms with Crippen LogP contribution in [0.3, 0.4) is 0 Å². The van der Waals surface area contributed by atoms with Gasteiger partial charge in [0.1, 0.15) is 0 Å². The maximum atomic E-state index is 13.4. The summed E-state index contributed by atoms with van der Waals surface area (Å²) in [7, 11) is 1.96. The van der Waals surface area contributed by atoms with Gasteiger partial charge in [-0.15, -0.1) is 0 Å². The average molecular weight is 604 g/mol. The van der Waals surface area contributed by atoms with Crippen LogP contribution in [0.1, 0.15) is 83.1 Å². The fraction of sp³-hybridized carbons (Fsp3) is 0.667. The molecule has 3 rings (SSSR count). The first-order valence-electron chi connectivity index (χ1n) is 15.9. The predicted molar refractivity (Wildman–Crippen MR) is 167 cm³/mol. The minimum absolute atomic E-state index is 0.0255. The van der Waals surface area contributed by atoms with Gasteiger partial charge < -0.3 is 35.6 Å². The third kappa shape index (κ3) is 13.5. The number of urea groups is 1. The molecule has 0 aromatic heterocycles. The lowest BCUT2D eigenvalue weighted by Gasteiger charge is -2.43. The number of piperidine rings is 1. The Morgan fingerprint density at radius 3 is 2.30 bits per heavy atom. The number of likely N-dealkylation sites (N-methyl/N-ethyl adjacent to an activating group) is 1. The number of nitrogens with zero attached hydrogens (tertiary/aromatic N) is 1. The summed E-state index contributed by atoms with van der Waals surface area (Å²) < 4.78 is 5.51. The van der Waals surface area contributed by atoms with Gasteiger partial charge in [-0.3, -0.25) is 0 Å². The van der Waals surface area contributed by atoms with Crippen LogP contribution < -0.4 is 10.6 Å². The highest BCUT2D eigenvalue weighted by Gasteiger charge is 2.41. The SMILES string of the molecule is CCOCCCC[C@@](O)(c1ccccc1)[C@@H]1CCCN(C(=O)N[C@H](CNC)CC2CCCCC2)C1.O=C(O)/C=C/C(=O)O. The van der Waals surface area contributed by atoms with E-state index < -0.39 is 17.5 Å². The van der Waals surface area contributed by atoms with Gasteiger partial charge in [0.2, 0.25) is 0 Å². The van der Waals surface area contributed by atoms with E-state index in [9.17, 15) is 19.5 Å². The Labute approximate surface area is 256 Å². The van der Waals surface area contributed by atoms with Crippen LogP contribution in [-0.2, 0) is 19.9 Å². The largest absolute Gasteiger partial charge is 0.478 e. The van der Waals surface area contributed by atoms with E-state index in [1.54, 1.807) is 0 Å². The molecule has 2 fully saturated rings. The van der Waals surface area contributed by atoms with Crippen LogP contribution in [0.2, 0.25) is 0 Å². The zero-order chi connectivity index (χ0) is 31.5. The van der Waals surface area contributed by atoms with Gasteiger partial charge in [-0.25, -0.2) is 14.4 Å². The highest BCUT2D eigenvalue weighted by molar-refractivity contribution is 5.89.